The predicted octanol–water partition coefficient (Wildman–Crippen LogP) is 2.58. The van der Waals surface area contributed by atoms with Gasteiger partial charge in [-0.25, -0.2) is 13.1 Å². The molecule has 0 amide bonds. The molecule has 0 aliphatic heterocycles. The summed E-state index contributed by atoms with van der Waals surface area (Å²) < 4.78 is 26.9. The van der Waals surface area contributed by atoms with E-state index in [4.69, 9.17) is 0 Å². The second-order valence-electron chi connectivity index (χ2n) is 5.68. The van der Waals surface area contributed by atoms with E-state index in [0.717, 1.165) is 5.69 Å². The van der Waals surface area contributed by atoms with Crippen LogP contribution in [0, 0.1) is 0 Å². The Morgan fingerprint density at radius 2 is 1.78 bits per heavy atom. The number of sulfonamides is 1. The van der Waals surface area contributed by atoms with Gasteiger partial charge in [0.25, 0.3) is 0 Å². The van der Waals surface area contributed by atoms with Gasteiger partial charge in [-0.2, -0.15) is 0 Å². The Kier molecular flexibility index (Phi) is 4.40. The molecule has 0 aliphatic rings. The first-order valence-electron chi connectivity index (χ1n) is 6.01. The van der Waals surface area contributed by atoms with Gasteiger partial charge in [-0.3, -0.25) is 0 Å². The van der Waals surface area contributed by atoms with Gasteiger partial charge in [0.1, 0.15) is 0 Å². The van der Waals surface area contributed by atoms with Crippen LogP contribution >= 0.6 is 0 Å². The maximum Gasteiger partial charge on any atom is 0.241 e. The zero-order valence-corrected chi connectivity index (χ0v) is 12.4. The van der Waals surface area contributed by atoms with Gasteiger partial charge in [-0.1, -0.05) is 6.07 Å². The highest BCUT2D eigenvalue weighted by Gasteiger charge is 2.22. The Balaban J connectivity index is 3.03. The van der Waals surface area contributed by atoms with Crippen molar-refractivity contribution in [1.29, 1.82) is 0 Å². The van der Waals surface area contributed by atoms with Crippen molar-refractivity contribution in [3.8, 4) is 0 Å². The summed E-state index contributed by atoms with van der Waals surface area (Å²) in [4.78, 5) is 0.281. The number of rotatable bonds is 4. The molecule has 2 N–H and O–H groups in total. The molecule has 0 heterocycles. The van der Waals surface area contributed by atoms with Gasteiger partial charge in [0.15, 0.2) is 0 Å². The Morgan fingerprint density at radius 1 is 1.17 bits per heavy atom. The van der Waals surface area contributed by atoms with Crippen LogP contribution in [0.3, 0.4) is 0 Å². The maximum atomic E-state index is 12.1. The Hall–Kier alpha value is -1.07. The fraction of sp³-hybridized carbons (Fsp3) is 0.538. The minimum absolute atomic E-state index is 0.263. The average Bonchev–Trinajstić information content (AvgIpc) is 2.13. The largest absolute Gasteiger partial charge is 0.383 e. The van der Waals surface area contributed by atoms with Crippen molar-refractivity contribution in [1.82, 2.24) is 4.72 Å². The highest BCUT2D eigenvalue weighted by molar-refractivity contribution is 7.89. The molecule has 1 aromatic carbocycles. The number of hydrogen-bond donors (Lipinski definition) is 2. The first-order chi connectivity index (χ1) is 8.10. The summed E-state index contributed by atoms with van der Waals surface area (Å²) in [7, 11) is -3.47. The van der Waals surface area contributed by atoms with Gasteiger partial charge >= 0.3 is 0 Å². The third-order valence-corrected chi connectivity index (χ3v) is 3.80. The van der Waals surface area contributed by atoms with Gasteiger partial charge in [-0.05, 0) is 52.8 Å². The summed E-state index contributed by atoms with van der Waals surface area (Å²) >= 11 is 0. The summed E-state index contributed by atoms with van der Waals surface area (Å²) in [6, 6.07) is 7.10. The van der Waals surface area contributed by atoms with Gasteiger partial charge in [0, 0.05) is 17.3 Å². The van der Waals surface area contributed by atoms with Crippen LogP contribution in [0.1, 0.15) is 34.6 Å². The molecule has 0 radical (unpaired) electrons. The van der Waals surface area contributed by atoms with Crippen LogP contribution in [0.2, 0.25) is 0 Å². The Morgan fingerprint density at radius 3 is 2.28 bits per heavy atom. The van der Waals surface area contributed by atoms with Crippen LogP contribution in [0.5, 0.6) is 0 Å². The molecule has 18 heavy (non-hydrogen) atoms. The molecular formula is C13H22N2O2S. The van der Waals surface area contributed by atoms with Crippen molar-refractivity contribution >= 4 is 15.7 Å². The molecule has 0 saturated carbocycles. The zero-order valence-electron chi connectivity index (χ0n) is 11.6. The molecule has 0 aliphatic carbocycles. The van der Waals surface area contributed by atoms with Crippen molar-refractivity contribution < 1.29 is 8.42 Å². The minimum atomic E-state index is -3.47. The molecule has 1 aromatic rings. The van der Waals surface area contributed by atoms with Crippen LogP contribution in [-0.4, -0.2) is 20.0 Å². The minimum Gasteiger partial charge on any atom is -0.383 e. The van der Waals surface area contributed by atoms with E-state index in [-0.39, 0.29) is 10.9 Å². The van der Waals surface area contributed by atoms with Crippen LogP contribution in [0.25, 0.3) is 0 Å². The average molecular weight is 270 g/mol. The van der Waals surface area contributed by atoms with Crippen molar-refractivity contribution in [2.24, 2.45) is 0 Å². The van der Waals surface area contributed by atoms with E-state index in [1.165, 1.54) is 0 Å². The van der Waals surface area contributed by atoms with Gasteiger partial charge in [0.2, 0.25) is 10.0 Å². The lowest BCUT2D eigenvalue weighted by Gasteiger charge is -2.20. The van der Waals surface area contributed by atoms with Crippen LogP contribution in [0.4, 0.5) is 5.69 Å². The monoisotopic (exact) mass is 270 g/mol. The number of nitrogens with one attached hydrogen (secondary N) is 2. The van der Waals surface area contributed by atoms with Crippen molar-refractivity contribution in [3.63, 3.8) is 0 Å². The smallest absolute Gasteiger partial charge is 0.241 e. The molecule has 0 atom stereocenters. The van der Waals surface area contributed by atoms with Gasteiger partial charge in [-0.15, -0.1) is 0 Å². The van der Waals surface area contributed by atoms with Crippen molar-refractivity contribution in [3.05, 3.63) is 24.3 Å². The van der Waals surface area contributed by atoms with E-state index < -0.39 is 15.6 Å². The van der Waals surface area contributed by atoms with Gasteiger partial charge < -0.3 is 5.32 Å². The maximum absolute atomic E-state index is 12.1. The predicted molar refractivity (Wildman–Crippen MR) is 75.3 cm³/mol. The normalized spacial score (nSPS) is 12.8. The summed E-state index contributed by atoms with van der Waals surface area (Å²) in [5, 5.41) is 3.19. The summed E-state index contributed by atoms with van der Waals surface area (Å²) in [6.45, 7) is 9.48. The zero-order chi connectivity index (χ0) is 14.0. The summed E-state index contributed by atoms with van der Waals surface area (Å²) in [5.74, 6) is 0. The molecule has 0 spiro atoms. The lowest BCUT2D eigenvalue weighted by atomic mass is 10.1. The molecule has 0 aromatic heterocycles. The third kappa shape index (κ3) is 4.66. The molecule has 0 saturated heterocycles. The summed E-state index contributed by atoms with van der Waals surface area (Å²) in [6.07, 6.45) is 0. The van der Waals surface area contributed by atoms with E-state index in [9.17, 15) is 8.42 Å². The number of benzene rings is 1. The third-order valence-electron chi connectivity index (χ3n) is 2.04. The highest BCUT2D eigenvalue weighted by Crippen LogP contribution is 2.17. The molecule has 1 rings (SSSR count). The standard InChI is InChI=1S/C13H22N2O2S/c1-10(2)14-11-7-6-8-12(9-11)18(16,17)15-13(3,4)5/h6-10,14-15H,1-5H3. The molecular weight excluding hydrogens is 248 g/mol. The number of anilines is 1. The van der Waals surface area contributed by atoms with Crippen LogP contribution < -0.4 is 10.0 Å². The second kappa shape index (κ2) is 5.28. The second-order valence-corrected chi connectivity index (χ2v) is 7.36. The fourth-order valence-electron chi connectivity index (χ4n) is 1.55. The van der Waals surface area contributed by atoms with Crippen LogP contribution in [-0.2, 0) is 10.0 Å². The lowest BCUT2D eigenvalue weighted by Crippen LogP contribution is -2.40. The van der Waals surface area contributed by atoms with E-state index in [0.29, 0.717) is 0 Å². The lowest BCUT2D eigenvalue weighted by molar-refractivity contribution is 0.491. The molecule has 0 unspecified atom stereocenters. The van der Waals surface area contributed by atoms with E-state index in [1.807, 2.05) is 40.7 Å². The quantitative estimate of drug-likeness (QED) is 0.884. The number of hydrogen-bond acceptors (Lipinski definition) is 3. The first-order valence-corrected chi connectivity index (χ1v) is 7.49. The molecule has 4 nitrogen and oxygen atoms in total. The van der Waals surface area contributed by atoms with E-state index in [2.05, 4.69) is 10.0 Å². The van der Waals surface area contributed by atoms with E-state index in [1.54, 1.807) is 18.2 Å². The van der Waals surface area contributed by atoms with E-state index >= 15 is 0 Å². The SMILES string of the molecule is CC(C)Nc1cccc(S(=O)(=O)NC(C)(C)C)c1. The van der Waals surface area contributed by atoms with Crippen molar-refractivity contribution in [2.75, 3.05) is 5.32 Å². The first kappa shape index (κ1) is 15.0. The molecule has 0 fully saturated rings. The highest BCUT2D eigenvalue weighted by atomic mass is 32.2. The Labute approximate surface area is 110 Å². The van der Waals surface area contributed by atoms with Crippen molar-refractivity contribution in [2.45, 2.75) is 51.1 Å². The topological polar surface area (TPSA) is 58.2 Å². The molecule has 5 heteroatoms. The fourth-order valence-corrected chi connectivity index (χ4v) is 3.01. The summed E-state index contributed by atoms with van der Waals surface area (Å²) in [5.41, 5.74) is 0.321. The Bertz CT molecular complexity index is 502. The molecule has 102 valence electrons. The van der Waals surface area contributed by atoms with Gasteiger partial charge in [0.05, 0.1) is 4.90 Å². The van der Waals surface area contributed by atoms with Crippen LogP contribution in [0.15, 0.2) is 29.2 Å². The molecule has 0 bridgehead atoms.